The van der Waals surface area contributed by atoms with E-state index in [9.17, 15) is 19.1 Å². The Labute approximate surface area is 132 Å². The Bertz CT molecular complexity index is 701. The first-order valence-corrected chi connectivity index (χ1v) is 7.54. The van der Waals surface area contributed by atoms with E-state index in [0.29, 0.717) is 31.6 Å². The largest absolute Gasteiger partial charge is 0.506 e. The summed E-state index contributed by atoms with van der Waals surface area (Å²) in [4.78, 5) is 25.2. The van der Waals surface area contributed by atoms with E-state index in [2.05, 4.69) is 0 Å². The Morgan fingerprint density at radius 1 is 1.39 bits per heavy atom. The Morgan fingerprint density at radius 2 is 2.09 bits per heavy atom. The molecular weight excluding hydrogens is 303 g/mol. The topological polar surface area (TPSA) is 72.8 Å². The van der Waals surface area contributed by atoms with Gasteiger partial charge in [-0.1, -0.05) is 6.07 Å². The molecular formula is C17H17FO5. The van der Waals surface area contributed by atoms with Crippen molar-refractivity contribution in [2.24, 2.45) is 0 Å². The number of Topliss-reactive ketones (excluding diaryl/α,β-unsaturated/α-hetero) is 1. The van der Waals surface area contributed by atoms with E-state index in [4.69, 9.17) is 9.47 Å². The number of rotatable bonds is 2. The Morgan fingerprint density at radius 3 is 2.74 bits per heavy atom. The second-order valence-electron chi connectivity index (χ2n) is 5.66. The molecule has 2 aliphatic rings. The van der Waals surface area contributed by atoms with E-state index in [1.165, 1.54) is 12.1 Å². The molecule has 1 aromatic rings. The van der Waals surface area contributed by atoms with Gasteiger partial charge in [0.25, 0.3) is 0 Å². The summed E-state index contributed by atoms with van der Waals surface area (Å²) in [6.45, 7) is 2.41. The Kier molecular flexibility index (Phi) is 3.93. The minimum atomic E-state index is -0.977. The summed E-state index contributed by atoms with van der Waals surface area (Å²) >= 11 is 0. The first-order chi connectivity index (χ1) is 11.0. The maximum Gasteiger partial charge on any atom is 0.345 e. The lowest BCUT2D eigenvalue weighted by Gasteiger charge is -2.40. The van der Waals surface area contributed by atoms with E-state index in [-0.39, 0.29) is 12.2 Å². The molecule has 0 amide bonds. The standard InChI is InChI=1S/C17H17FO5/c1-2-23-16(21)13-14(19)11-9-10(18)3-4-12(11)17(15(13)20)5-7-22-8-6-17/h3-4,9,19H,2,5-8H2,1H3. The van der Waals surface area contributed by atoms with Gasteiger partial charge in [-0.25, -0.2) is 9.18 Å². The SMILES string of the molecule is CCOC(=O)C1=C(O)c2cc(F)ccc2C2(CCOCC2)C1=O. The zero-order chi connectivity index (χ0) is 16.6. The number of hydrogen-bond donors (Lipinski definition) is 1. The fraction of sp³-hybridized carbons (Fsp3) is 0.412. The molecule has 1 fully saturated rings. The summed E-state index contributed by atoms with van der Waals surface area (Å²) in [6, 6.07) is 3.91. The number of benzene rings is 1. The van der Waals surface area contributed by atoms with Crippen LogP contribution in [-0.2, 0) is 24.5 Å². The third-order valence-corrected chi connectivity index (χ3v) is 4.48. The van der Waals surface area contributed by atoms with Gasteiger partial charge >= 0.3 is 5.97 Å². The number of halogens is 1. The van der Waals surface area contributed by atoms with Crippen LogP contribution in [0.1, 0.15) is 30.9 Å². The summed E-state index contributed by atoms with van der Waals surface area (Å²) in [6.07, 6.45) is 0.751. The first kappa shape index (κ1) is 15.7. The van der Waals surface area contributed by atoms with Crippen LogP contribution in [0, 0.1) is 5.82 Å². The number of ketones is 1. The fourth-order valence-electron chi connectivity index (χ4n) is 3.34. The van der Waals surface area contributed by atoms with Gasteiger partial charge in [0, 0.05) is 18.8 Å². The van der Waals surface area contributed by atoms with E-state index < -0.39 is 34.3 Å². The van der Waals surface area contributed by atoms with Gasteiger partial charge in [0.15, 0.2) is 5.78 Å². The van der Waals surface area contributed by atoms with Crippen molar-refractivity contribution in [3.8, 4) is 0 Å². The quantitative estimate of drug-likeness (QED) is 0.668. The van der Waals surface area contributed by atoms with Crippen molar-refractivity contribution < 1.29 is 28.6 Å². The van der Waals surface area contributed by atoms with Crippen LogP contribution in [0.5, 0.6) is 0 Å². The molecule has 1 N–H and O–H groups in total. The fourth-order valence-corrected chi connectivity index (χ4v) is 3.34. The van der Waals surface area contributed by atoms with Crippen molar-refractivity contribution >= 4 is 17.5 Å². The molecule has 1 heterocycles. The average Bonchev–Trinajstić information content (AvgIpc) is 2.54. The normalized spacial score (nSPS) is 19.7. The molecule has 6 heteroatoms. The van der Waals surface area contributed by atoms with Gasteiger partial charge in [0.1, 0.15) is 17.1 Å². The summed E-state index contributed by atoms with van der Waals surface area (Å²) in [5, 5.41) is 10.4. The molecule has 0 unspecified atom stereocenters. The summed E-state index contributed by atoms with van der Waals surface area (Å²) in [5.41, 5.74) is -0.658. The van der Waals surface area contributed by atoms with Crippen molar-refractivity contribution in [1.82, 2.24) is 0 Å². The number of carbonyl (C=O) groups is 2. The maximum absolute atomic E-state index is 13.6. The Balaban J connectivity index is 2.23. The molecule has 0 bridgehead atoms. The third kappa shape index (κ3) is 2.34. The predicted molar refractivity (Wildman–Crippen MR) is 79.3 cm³/mol. The zero-order valence-corrected chi connectivity index (χ0v) is 12.7. The van der Waals surface area contributed by atoms with Gasteiger partial charge in [0.2, 0.25) is 0 Å². The minimum absolute atomic E-state index is 0.0784. The second kappa shape index (κ2) is 5.77. The average molecular weight is 320 g/mol. The highest BCUT2D eigenvalue weighted by atomic mass is 19.1. The molecule has 1 aliphatic carbocycles. The van der Waals surface area contributed by atoms with Gasteiger partial charge in [-0.05, 0) is 37.5 Å². The highest BCUT2D eigenvalue weighted by molar-refractivity contribution is 6.27. The van der Waals surface area contributed by atoms with Crippen molar-refractivity contribution in [3.05, 3.63) is 40.7 Å². The molecule has 0 radical (unpaired) electrons. The molecule has 0 atom stereocenters. The number of esters is 1. The maximum atomic E-state index is 13.6. The van der Waals surface area contributed by atoms with Crippen LogP contribution in [0.15, 0.2) is 23.8 Å². The van der Waals surface area contributed by atoms with Crippen molar-refractivity contribution in [2.45, 2.75) is 25.2 Å². The number of hydrogen-bond acceptors (Lipinski definition) is 5. The number of fused-ring (bicyclic) bond motifs is 2. The van der Waals surface area contributed by atoms with Crippen molar-refractivity contribution in [1.29, 1.82) is 0 Å². The van der Waals surface area contributed by atoms with Crippen LogP contribution in [0.2, 0.25) is 0 Å². The number of aliphatic hydroxyl groups excluding tert-OH is 1. The monoisotopic (exact) mass is 320 g/mol. The lowest BCUT2D eigenvalue weighted by molar-refractivity contribution is -0.141. The molecule has 0 saturated carbocycles. The number of aliphatic hydroxyl groups is 1. The van der Waals surface area contributed by atoms with Crippen LogP contribution in [-0.4, -0.2) is 36.7 Å². The second-order valence-corrected chi connectivity index (χ2v) is 5.66. The molecule has 1 aromatic carbocycles. The smallest absolute Gasteiger partial charge is 0.345 e. The van der Waals surface area contributed by atoms with E-state index in [1.54, 1.807) is 6.92 Å². The molecule has 1 saturated heterocycles. The van der Waals surface area contributed by atoms with E-state index in [1.807, 2.05) is 0 Å². The van der Waals surface area contributed by atoms with Gasteiger partial charge in [0.05, 0.1) is 12.0 Å². The van der Waals surface area contributed by atoms with Gasteiger partial charge < -0.3 is 14.6 Å². The molecule has 122 valence electrons. The van der Waals surface area contributed by atoms with Crippen LogP contribution in [0.25, 0.3) is 5.76 Å². The molecule has 1 aliphatic heterocycles. The predicted octanol–water partition coefficient (Wildman–Crippen LogP) is 2.29. The van der Waals surface area contributed by atoms with E-state index in [0.717, 1.165) is 6.07 Å². The lowest BCUT2D eigenvalue weighted by atomic mass is 9.64. The summed E-state index contributed by atoms with van der Waals surface area (Å²) < 4.78 is 23.9. The highest BCUT2D eigenvalue weighted by Crippen LogP contribution is 2.45. The van der Waals surface area contributed by atoms with Crippen molar-refractivity contribution in [2.75, 3.05) is 19.8 Å². The van der Waals surface area contributed by atoms with Crippen LogP contribution >= 0.6 is 0 Å². The number of ether oxygens (including phenoxy) is 2. The summed E-state index contributed by atoms with van der Waals surface area (Å²) in [7, 11) is 0. The van der Waals surface area contributed by atoms with Crippen LogP contribution in [0.4, 0.5) is 4.39 Å². The molecule has 23 heavy (non-hydrogen) atoms. The molecule has 5 nitrogen and oxygen atoms in total. The van der Waals surface area contributed by atoms with Gasteiger partial charge in [-0.15, -0.1) is 0 Å². The van der Waals surface area contributed by atoms with Gasteiger partial charge in [-0.2, -0.15) is 0 Å². The van der Waals surface area contributed by atoms with Crippen LogP contribution < -0.4 is 0 Å². The minimum Gasteiger partial charge on any atom is -0.506 e. The molecule has 1 spiro atoms. The summed E-state index contributed by atoms with van der Waals surface area (Å²) in [5.74, 6) is -2.42. The zero-order valence-electron chi connectivity index (χ0n) is 12.7. The highest BCUT2D eigenvalue weighted by Gasteiger charge is 2.50. The number of carbonyl (C=O) groups excluding carboxylic acids is 2. The van der Waals surface area contributed by atoms with Crippen molar-refractivity contribution in [3.63, 3.8) is 0 Å². The van der Waals surface area contributed by atoms with Gasteiger partial charge in [-0.3, -0.25) is 4.79 Å². The Hall–Kier alpha value is -2.21. The van der Waals surface area contributed by atoms with Crippen LogP contribution in [0.3, 0.4) is 0 Å². The van der Waals surface area contributed by atoms with E-state index >= 15 is 0 Å². The molecule has 0 aromatic heterocycles. The lowest BCUT2D eigenvalue weighted by Crippen LogP contribution is -2.46. The molecule has 3 rings (SSSR count). The first-order valence-electron chi connectivity index (χ1n) is 7.54. The third-order valence-electron chi connectivity index (χ3n) is 4.48.